The maximum Gasteiger partial charge on any atom is 0.253 e. The Hall–Kier alpha value is -2.22. The standard InChI is InChI=1S/C23H30N2O4S/c1-18-16-25(17-19(2)29-18)30(27,28)22-13-11-21(12-14-22)23(26)24(3)15-7-10-20-8-5-4-6-9-20/h4-6,8-9,11-14,18-19H,7,10,15-17H2,1-3H3. The molecule has 1 heterocycles. The van der Waals surface area contributed by atoms with Gasteiger partial charge in [0.2, 0.25) is 10.0 Å². The van der Waals surface area contributed by atoms with Crippen molar-refractivity contribution in [1.82, 2.24) is 9.21 Å². The van der Waals surface area contributed by atoms with Crippen LogP contribution >= 0.6 is 0 Å². The van der Waals surface area contributed by atoms with Crippen LogP contribution in [0.4, 0.5) is 0 Å². The van der Waals surface area contributed by atoms with Gasteiger partial charge in [0.1, 0.15) is 0 Å². The Morgan fingerprint density at radius 1 is 1.03 bits per heavy atom. The number of aryl methyl sites for hydroxylation is 1. The molecule has 1 aliphatic rings. The van der Waals surface area contributed by atoms with Crippen molar-refractivity contribution in [3.05, 3.63) is 65.7 Å². The summed E-state index contributed by atoms with van der Waals surface area (Å²) < 4.78 is 33.0. The maximum absolute atomic E-state index is 12.9. The van der Waals surface area contributed by atoms with E-state index in [4.69, 9.17) is 4.74 Å². The van der Waals surface area contributed by atoms with Gasteiger partial charge in [0.25, 0.3) is 5.91 Å². The molecule has 162 valence electrons. The molecule has 7 heteroatoms. The van der Waals surface area contributed by atoms with Crippen molar-refractivity contribution in [2.24, 2.45) is 0 Å². The van der Waals surface area contributed by atoms with Crippen molar-refractivity contribution >= 4 is 15.9 Å². The Balaban J connectivity index is 1.60. The van der Waals surface area contributed by atoms with Crippen molar-refractivity contribution in [2.75, 3.05) is 26.7 Å². The second-order valence-electron chi connectivity index (χ2n) is 7.92. The van der Waals surface area contributed by atoms with E-state index in [1.165, 1.54) is 22.0 Å². The summed E-state index contributed by atoms with van der Waals surface area (Å²) in [6.07, 6.45) is 1.49. The molecule has 2 aromatic carbocycles. The molecule has 1 saturated heterocycles. The fourth-order valence-corrected chi connectivity index (χ4v) is 5.32. The van der Waals surface area contributed by atoms with Gasteiger partial charge >= 0.3 is 0 Å². The molecule has 2 unspecified atom stereocenters. The Morgan fingerprint density at radius 3 is 2.23 bits per heavy atom. The Kier molecular flexibility index (Phi) is 7.28. The quantitative estimate of drug-likeness (QED) is 0.677. The Morgan fingerprint density at radius 2 is 1.63 bits per heavy atom. The number of hydrogen-bond acceptors (Lipinski definition) is 4. The molecule has 2 aromatic rings. The van der Waals surface area contributed by atoms with Gasteiger partial charge in [-0.25, -0.2) is 8.42 Å². The number of morpholine rings is 1. The molecule has 30 heavy (non-hydrogen) atoms. The van der Waals surface area contributed by atoms with Crippen LogP contribution in [0.2, 0.25) is 0 Å². The topological polar surface area (TPSA) is 66.9 Å². The van der Waals surface area contributed by atoms with Crippen LogP contribution in [0.25, 0.3) is 0 Å². The van der Waals surface area contributed by atoms with Crippen LogP contribution in [-0.2, 0) is 21.2 Å². The lowest BCUT2D eigenvalue weighted by Gasteiger charge is -2.34. The lowest BCUT2D eigenvalue weighted by atomic mass is 10.1. The second kappa shape index (κ2) is 9.73. The summed E-state index contributed by atoms with van der Waals surface area (Å²) in [6, 6.07) is 16.4. The van der Waals surface area contributed by atoms with Gasteiger partial charge in [-0.1, -0.05) is 30.3 Å². The van der Waals surface area contributed by atoms with Crippen LogP contribution in [-0.4, -0.2) is 62.4 Å². The summed E-state index contributed by atoms with van der Waals surface area (Å²) in [6.45, 7) is 5.04. The van der Waals surface area contributed by atoms with E-state index in [1.54, 1.807) is 24.1 Å². The molecule has 0 spiro atoms. The van der Waals surface area contributed by atoms with Gasteiger partial charge in [-0.15, -0.1) is 0 Å². The first kappa shape index (κ1) is 22.5. The van der Waals surface area contributed by atoms with E-state index in [-0.39, 0.29) is 23.0 Å². The van der Waals surface area contributed by atoms with Crippen molar-refractivity contribution in [2.45, 2.75) is 43.8 Å². The molecule has 1 amide bonds. The summed E-state index contributed by atoms with van der Waals surface area (Å²) in [4.78, 5) is 14.6. The number of ether oxygens (including phenoxy) is 1. The fourth-order valence-electron chi connectivity index (χ4n) is 3.73. The van der Waals surface area contributed by atoms with Crippen LogP contribution in [0, 0.1) is 0 Å². The highest BCUT2D eigenvalue weighted by Crippen LogP contribution is 2.21. The third kappa shape index (κ3) is 5.47. The highest BCUT2D eigenvalue weighted by molar-refractivity contribution is 7.89. The van der Waals surface area contributed by atoms with Crippen molar-refractivity contribution in [1.29, 1.82) is 0 Å². The van der Waals surface area contributed by atoms with E-state index in [0.717, 1.165) is 12.8 Å². The van der Waals surface area contributed by atoms with Crippen molar-refractivity contribution in [3.8, 4) is 0 Å². The largest absolute Gasteiger partial charge is 0.373 e. The summed E-state index contributed by atoms with van der Waals surface area (Å²) in [5.74, 6) is -0.111. The van der Waals surface area contributed by atoms with Crippen molar-refractivity contribution < 1.29 is 17.9 Å². The Bertz CT molecular complexity index is 935. The minimum absolute atomic E-state index is 0.111. The number of carbonyl (C=O) groups is 1. The fraction of sp³-hybridized carbons (Fsp3) is 0.435. The zero-order valence-corrected chi connectivity index (χ0v) is 18.6. The van der Waals surface area contributed by atoms with Crippen LogP contribution in [0.15, 0.2) is 59.5 Å². The number of amides is 1. The third-order valence-corrected chi connectivity index (χ3v) is 7.12. The first-order chi connectivity index (χ1) is 14.3. The molecule has 0 N–H and O–H groups in total. The lowest BCUT2D eigenvalue weighted by Crippen LogP contribution is -2.48. The number of nitrogens with zero attached hydrogens (tertiary/aromatic N) is 2. The molecule has 2 atom stereocenters. The van der Waals surface area contributed by atoms with Crippen LogP contribution in [0.1, 0.15) is 36.2 Å². The molecule has 1 aliphatic heterocycles. The van der Waals surface area contributed by atoms with E-state index >= 15 is 0 Å². The predicted molar refractivity (Wildman–Crippen MR) is 117 cm³/mol. The van der Waals surface area contributed by atoms with E-state index in [1.807, 2.05) is 32.0 Å². The van der Waals surface area contributed by atoms with Crippen molar-refractivity contribution in [3.63, 3.8) is 0 Å². The predicted octanol–water partition coefficient (Wildman–Crippen LogP) is 3.19. The zero-order chi connectivity index (χ0) is 21.7. The first-order valence-electron chi connectivity index (χ1n) is 10.3. The average molecular weight is 431 g/mol. The van der Waals surface area contributed by atoms with Gasteiger partial charge in [0, 0.05) is 32.2 Å². The lowest BCUT2D eigenvalue weighted by molar-refractivity contribution is -0.0440. The summed E-state index contributed by atoms with van der Waals surface area (Å²) in [5.41, 5.74) is 1.74. The molecule has 3 rings (SSSR count). The first-order valence-corrected chi connectivity index (χ1v) is 11.8. The van der Waals surface area contributed by atoms with E-state index in [2.05, 4.69) is 12.1 Å². The van der Waals surface area contributed by atoms with Gasteiger partial charge < -0.3 is 9.64 Å². The normalized spacial score (nSPS) is 20.1. The van der Waals surface area contributed by atoms with Crippen LogP contribution in [0.3, 0.4) is 0 Å². The zero-order valence-electron chi connectivity index (χ0n) is 17.8. The SMILES string of the molecule is CC1CN(S(=O)(=O)c2ccc(C(=O)N(C)CCCc3ccccc3)cc2)CC(C)O1. The van der Waals surface area contributed by atoms with Crippen LogP contribution in [0.5, 0.6) is 0 Å². The van der Waals surface area contributed by atoms with Gasteiger partial charge in [0.15, 0.2) is 0 Å². The maximum atomic E-state index is 12.9. The molecule has 1 fully saturated rings. The van der Waals surface area contributed by atoms with E-state index in [9.17, 15) is 13.2 Å². The Labute approximate surface area is 179 Å². The minimum atomic E-state index is -3.61. The molecule has 0 bridgehead atoms. The molecular formula is C23H30N2O4S. The highest BCUT2D eigenvalue weighted by atomic mass is 32.2. The monoisotopic (exact) mass is 430 g/mol. The number of benzene rings is 2. The van der Waals surface area contributed by atoms with E-state index in [0.29, 0.717) is 25.2 Å². The van der Waals surface area contributed by atoms with Gasteiger partial charge in [0.05, 0.1) is 17.1 Å². The van der Waals surface area contributed by atoms with Crippen LogP contribution < -0.4 is 0 Å². The van der Waals surface area contributed by atoms with Gasteiger partial charge in [-0.05, 0) is 56.5 Å². The molecule has 6 nitrogen and oxygen atoms in total. The smallest absolute Gasteiger partial charge is 0.253 e. The summed E-state index contributed by atoms with van der Waals surface area (Å²) in [7, 11) is -1.83. The number of hydrogen-bond donors (Lipinski definition) is 0. The number of carbonyl (C=O) groups excluding carboxylic acids is 1. The summed E-state index contributed by atoms with van der Waals surface area (Å²) in [5, 5.41) is 0. The minimum Gasteiger partial charge on any atom is -0.373 e. The number of sulfonamides is 1. The average Bonchev–Trinajstić information content (AvgIpc) is 2.73. The number of rotatable bonds is 7. The van der Waals surface area contributed by atoms with Gasteiger partial charge in [-0.3, -0.25) is 4.79 Å². The molecule has 0 aromatic heterocycles. The molecule has 0 saturated carbocycles. The molecule has 0 radical (unpaired) electrons. The highest BCUT2D eigenvalue weighted by Gasteiger charge is 2.32. The summed E-state index contributed by atoms with van der Waals surface area (Å²) >= 11 is 0. The molecule has 0 aliphatic carbocycles. The van der Waals surface area contributed by atoms with Gasteiger partial charge in [-0.2, -0.15) is 4.31 Å². The van der Waals surface area contributed by atoms with E-state index < -0.39 is 10.0 Å². The second-order valence-corrected chi connectivity index (χ2v) is 9.86. The molecular weight excluding hydrogens is 400 g/mol. The third-order valence-electron chi connectivity index (χ3n) is 5.27.